The molecule has 8 heteroatoms. The van der Waals surface area contributed by atoms with Crippen LogP contribution in [-0.2, 0) is 9.59 Å². The van der Waals surface area contributed by atoms with Crippen molar-refractivity contribution in [3.05, 3.63) is 53.6 Å². The summed E-state index contributed by atoms with van der Waals surface area (Å²) in [7, 11) is 0. The lowest BCUT2D eigenvalue weighted by atomic mass is 10.1. The Balaban J connectivity index is 1.66. The average Bonchev–Trinajstić information content (AvgIpc) is 3.14. The lowest BCUT2D eigenvalue weighted by Crippen LogP contribution is -2.54. The zero-order valence-corrected chi connectivity index (χ0v) is 14.9. The van der Waals surface area contributed by atoms with Gasteiger partial charge < -0.3 is 14.2 Å². The van der Waals surface area contributed by atoms with E-state index >= 15 is 0 Å². The number of carbonyl (C=O) groups is 3. The van der Waals surface area contributed by atoms with E-state index in [9.17, 15) is 14.4 Å². The predicted molar refractivity (Wildman–Crippen MR) is 99.2 cm³/mol. The van der Waals surface area contributed by atoms with E-state index in [4.69, 9.17) is 14.2 Å². The van der Waals surface area contributed by atoms with Crippen LogP contribution in [0.3, 0.4) is 0 Å². The fourth-order valence-corrected chi connectivity index (χ4v) is 2.91. The van der Waals surface area contributed by atoms with Gasteiger partial charge >= 0.3 is 6.03 Å². The smallest absolute Gasteiger partial charge is 0.335 e. The Morgan fingerprint density at radius 3 is 2.57 bits per heavy atom. The second-order valence-electron chi connectivity index (χ2n) is 6.00. The first-order valence-electron chi connectivity index (χ1n) is 8.61. The van der Waals surface area contributed by atoms with Crippen LogP contribution in [0, 0.1) is 0 Å². The van der Waals surface area contributed by atoms with E-state index < -0.39 is 17.8 Å². The first-order chi connectivity index (χ1) is 13.6. The van der Waals surface area contributed by atoms with E-state index in [0.717, 1.165) is 4.90 Å². The molecule has 0 saturated carbocycles. The summed E-state index contributed by atoms with van der Waals surface area (Å²) in [6.45, 7) is 2.48. The standard InChI is InChI=1S/C20H16N2O6/c1-2-26-14-6-3-12(4-7-14)9-15-18(23)21-20(25)22(19(15)24)13-5-8-16-17(10-13)28-11-27-16/h3-10H,2,11H2,1H3,(H,21,23,25)/b15-9+. The molecule has 142 valence electrons. The summed E-state index contributed by atoms with van der Waals surface area (Å²) < 4.78 is 15.9. The van der Waals surface area contributed by atoms with Crippen LogP contribution in [-0.4, -0.2) is 31.2 Å². The zero-order chi connectivity index (χ0) is 19.7. The molecule has 0 radical (unpaired) electrons. The Bertz CT molecular complexity index is 996. The Morgan fingerprint density at radius 2 is 1.82 bits per heavy atom. The van der Waals surface area contributed by atoms with Crippen molar-refractivity contribution < 1.29 is 28.6 Å². The van der Waals surface area contributed by atoms with Crippen molar-refractivity contribution in [1.82, 2.24) is 5.32 Å². The van der Waals surface area contributed by atoms with E-state index in [2.05, 4.69) is 5.32 Å². The van der Waals surface area contributed by atoms with Crippen LogP contribution in [0.4, 0.5) is 10.5 Å². The van der Waals surface area contributed by atoms with E-state index in [1.54, 1.807) is 36.4 Å². The van der Waals surface area contributed by atoms with Crippen molar-refractivity contribution in [2.45, 2.75) is 6.92 Å². The normalized spacial score (nSPS) is 17.1. The SMILES string of the molecule is CCOc1ccc(/C=C2\C(=O)NC(=O)N(c3ccc4c(c3)OCO4)C2=O)cc1. The fourth-order valence-electron chi connectivity index (χ4n) is 2.91. The van der Waals surface area contributed by atoms with Crippen LogP contribution in [0.2, 0.25) is 0 Å². The molecule has 0 atom stereocenters. The largest absolute Gasteiger partial charge is 0.494 e. The number of fused-ring (bicyclic) bond motifs is 1. The monoisotopic (exact) mass is 380 g/mol. The number of anilines is 1. The molecule has 1 N–H and O–H groups in total. The molecule has 2 aromatic rings. The number of urea groups is 1. The highest BCUT2D eigenvalue weighted by molar-refractivity contribution is 6.39. The number of barbiturate groups is 1. The molecule has 4 rings (SSSR count). The minimum atomic E-state index is -0.822. The second-order valence-corrected chi connectivity index (χ2v) is 6.00. The van der Waals surface area contributed by atoms with Crippen molar-refractivity contribution in [1.29, 1.82) is 0 Å². The number of imide groups is 2. The first kappa shape index (κ1) is 17.6. The van der Waals surface area contributed by atoms with Crippen molar-refractivity contribution in [2.24, 2.45) is 0 Å². The summed E-state index contributed by atoms with van der Waals surface area (Å²) in [6.07, 6.45) is 1.43. The maximum Gasteiger partial charge on any atom is 0.335 e. The van der Waals surface area contributed by atoms with Gasteiger partial charge in [0, 0.05) is 6.07 Å². The predicted octanol–water partition coefficient (Wildman–Crippen LogP) is 2.48. The van der Waals surface area contributed by atoms with Crippen LogP contribution < -0.4 is 24.4 Å². The number of nitrogens with zero attached hydrogens (tertiary/aromatic N) is 1. The maximum atomic E-state index is 12.9. The third kappa shape index (κ3) is 3.16. The molecule has 2 heterocycles. The van der Waals surface area contributed by atoms with Crippen molar-refractivity contribution in [3.63, 3.8) is 0 Å². The van der Waals surface area contributed by atoms with Gasteiger partial charge in [-0.3, -0.25) is 14.9 Å². The van der Waals surface area contributed by atoms with Crippen LogP contribution >= 0.6 is 0 Å². The lowest BCUT2D eigenvalue weighted by Gasteiger charge is -2.26. The van der Waals surface area contributed by atoms with Crippen LogP contribution in [0.1, 0.15) is 12.5 Å². The summed E-state index contributed by atoms with van der Waals surface area (Å²) in [6, 6.07) is 10.8. The Labute approximate surface area is 160 Å². The van der Waals surface area contributed by atoms with Gasteiger partial charge in [-0.2, -0.15) is 0 Å². The number of carbonyl (C=O) groups excluding carboxylic acids is 3. The molecule has 0 aromatic heterocycles. The Morgan fingerprint density at radius 1 is 1.07 bits per heavy atom. The summed E-state index contributed by atoms with van der Waals surface area (Å²) in [4.78, 5) is 38.3. The van der Waals surface area contributed by atoms with Gasteiger partial charge in [0.2, 0.25) is 6.79 Å². The molecule has 2 aliphatic rings. The van der Waals surface area contributed by atoms with Gasteiger partial charge in [-0.25, -0.2) is 9.69 Å². The number of ether oxygens (including phenoxy) is 3. The van der Waals surface area contributed by atoms with Crippen molar-refractivity contribution in [2.75, 3.05) is 18.3 Å². The number of benzene rings is 2. The van der Waals surface area contributed by atoms with Crippen LogP contribution in [0.5, 0.6) is 17.2 Å². The summed E-state index contributed by atoms with van der Waals surface area (Å²) in [5.41, 5.74) is 0.750. The van der Waals surface area contributed by atoms with Gasteiger partial charge in [-0.15, -0.1) is 0 Å². The van der Waals surface area contributed by atoms with Crippen molar-refractivity contribution >= 4 is 29.6 Å². The molecule has 1 saturated heterocycles. The van der Waals surface area contributed by atoms with E-state index in [1.165, 1.54) is 12.1 Å². The van der Waals surface area contributed by atoms with Gasteiger partial charge in [0.05, 0.1) is 12.3 Å². The van der Waals surface area contributed by atoms with Crippen LogP contribution in [0.15, 0.2) is 48.0 Å². The van der Waals surface area contributed by atoms with Crippen LogP contribution in [0.25, 0.3) is 6.08 Å². The van der Waals surface area contributed by atoms with Crippen molar-refractivity contribution in [3.8, 4) is 17.2 Å². The average molecular weight is 380 g/mol. The van der Waals surface area contributed by atoms with Gasteiger partial charge in [0.1, 0.15) is 11.3 Å². The number of amides is 4. The molecule has 2 aliphatic heterocycles. The summed E-state index contributed by atoms with van der Waals surface area (Å²) in [5, 5.41) is 2.19. The third-order valence-electron chi connectivity index (χ3n) is 4.22. The number of rotatable bonds is 4. The molecule has 0 aliphatic carbocycles. The van der Waals surface area contributed by atoms with Gasteiger partial charge in [-0.1, -0.05) is 12.1 Å². The second kappa shape index (κ2) is 7.07. The molecule has 1 fully saturated rings. The number of nitrogens with one attached hydrogen (secondary N) is 1. The highest BCUT2D eigenvalue weighted by Gasteiger charge is 2.37. The molecule has 0 spiro atoms. The number of hydrogen-bond acceptors (Lipinski definition) is 6. The Hall–Kier alpha value is -3.81. The highest BCUT2D eigenvalue weighted by atomic mass is 16.7. The van der Waals surface area contributed by atoms with Gasteiger partial charge in [0.15, 0.2) is 11.5 Å². The summed E-state index contributed by atoms with van der Waals surface area (Å²) >= 11 is 0. The lowest BCUT2D eigenvalue weighted by molar-refractivity contribution is -0.122. The summed E-state index contributed by atoms with van der Waals surface area (Å²) in [5.74, 6) is 0.158. The zero-order valence-electron chi connectivity index (χ0n) is 14.9. The molecule has 4 amide bonds. The quantitative estimate of drug-likeness (QED) is 0.647. The molecular weight excluding hydrogens is 364 g/mol. The molecule has 8 nitrogen and oxygen atoms in total. The minimum Gasteiger partial charge on any atom is -0.494 e. The van der Waals surface area contributed by atoms with E-state index in [-0.39, 0.29) is 18.1 Å². The number of hydrogen-bond donors (Lipinski definition) is 1. The van der Waals surface area contributed by atoms with Gasteiger partial charge in [-0.05, 0) is 42.8 Å². The first-order valence-corrected chi connectivity index (χ1v) is 8.61. The van der Waals surface area contributed by atoms with E-state index in [1.807, 2.05) is 6.92 Å². The van der Waals surface area contributed by atoms with Gasteiger partial charge in [0.25, 0.3) is 11.8 Å². The molecule has 28 heavy (non-hydrogen) atoms. The Kier molecular flexibility index (Phi) is 4.44. The van der Waals surface area contributed by atoms with E-state index in [0.29, 0.717) is 29.4 Å². The minimum absolute atomic E-state index is 0.0698. The molecule has 0 unspecified atom stereocenters. The molecular formula is C20H16N2O6. The molecule has 0 bridgehead atoms. The third-order valence-corrected chi connectivity index (χ3v) is 4.22. The highest BCUT2D eigenvalue weighted by Crippen LogP contribution is 2.36. The maximum absolute atomic E-state index is 12.9. The fraction of sp³-hybridized carbons (Fsp3) is 0.150. The topological polar surface area (TPSA) is 94.2 Å². The molecule has 2 aromatic carbocycles.